The van der Waals surface area contributed by atoms with Crippen molar-refractivity contribution in [2.24, 2.45) is 0 Å². The monoisotopic (exact) mass is 305 g/mol. The van der Waals surface area contributed by atoms with Crippen LogP contribution in [0.15, 0.2) is 4.90 Å². The van der Waals surface area contributed by atoms with Gasteiger partial charge in [-0.05, 0) is 20.8 Å². The lowest BCUT2D eigenvalue weighted by Crippen LogP contribution is -2.35. The molecule has 114 valence electrons. The Bertz CT molecular complexity index is 593. The van der Waals surface area contributed by atoms with Crippen molar-refractivity contribution in [2.75, 3.05) is 6.61 Å². The number of aliphatic carboxylic acids is 1. The second-order valence-electron chi connectivity index (χ2n) is 4.57. The second kappa shape index (κ2) is 6.33. The van der Waals surface area contributed by atoms with Crippen LogP contribution < -0.4 is 4.72 Å². The summed E-state index contributed by atoms with van der Waals surface area (Å²) in [4.78, 5) is 10.6. The lowest BCUT2D eigenvalue weighted by Gasteiger charge is -2.11. The molecule has 0 radical (unpaired) electrons. The molecule has 1 heterocycles. The van der Waals surface area contributed by atoms with Crippen molar-refractivity contribution < 1.29 is 23.4 Å². The summed E-state index contributed by atoms with van der Waals surface area (Å²) in [6, 6.07) is -0.610. The molecule has 0 saturated heterocycles. The maximum Gasteiger partial charge on any atom is 0.305 e. The van der Waals surface area contributed by atoms with Crippen LogP contribution >= 0.6 is 0 Å². The molecule has 1 atom stereocenters. The minimum atomic E-state index is -3.79. The van der Waals surface area contributed by atoms with E-state index < -0.39 is 22.0 Å². The third kappa shape index (κ3) is 3.78. The zero-order valence-electron chi connectivity index (χ0n) is 11.6. The number of carboxylic acid groups (broad SMARTS) is 1. The highest BCUT2D eigenvalue weighted by Crippen LogP contribution is 2.19. The first-order chi connectivity index (χ1) is 9.19. The van der Waals surface area contributed by atoms with E-state index in [4.69, 9.17) is 10.2 Å². The van der Waals surface area contributed by atoms with Crippen LogP contribution in [0.2, 0.25) is 0 Å². The van der Waals surface area contributed by atoms with E-state index in [1.165, 1.54) is 11.6 Å². The van der Waals surface area contributed by atoms with Gasteiger partial charge in [-0.2, -0.15) is 5.10 Å². The number of aliphatic hydroxyl groups is 1. The van der Waals surface area contributed by atoms with Crippen LogP contribution in [0.25, 0.3) is 0 Å². The van der Waals surface area contributed by atoms with Crippen LogP contribution in [0.3, 0.4) is 0 Å². The Morgan fingerprint density at radius 1 is 1.45 bits per heavy atom. The molecule has 3 N–H and O–H groups in total. The Hall–Kier alpha value is -1.45. The molecule has 1 rings (SSSR count). The molecule has 0 bridgehead atoms. The molecule has 0 aliphatic carbocycles. The molecule has 0 aliphatic rings. The summed E-state index contributed by atoms with van der Waals surface area (Å²) in [5.74, 6) is -0.978. The van der Waals surface area contributed by atoms with Crippen LogP contribution in [0, 0.1) is 13.8 Å². The Morgan fingerprint density at radius 3 is 2.55 bits per heavy atom. The third-order valence-corrected chi connectivity index (χ3v) is 4.59. The minimum Gasteiger partial charge on any atom is -0.481 e. The highest BCUT2D eigenvalue weighted by molar-refractivity contribution is 7.89. The Kier molecular flexibility index (Phi) is 5.26. The van der Waals surface area contributed by atoms with Crippen molar-refractivity contribution in [1.29, 1.82) is 0 Å². The molecule has 9 heteroatoms. The van der Waals surface area contributed by atoms with Gasteiger partial charge in [-0.1, -0.05) is 0 Å². The predicted molar refractivity (Wildman–Crippen MR) is 70.8 cm³/mol. The summed E-state index contributed by atoms with van der Waals surface area (Å²) in [5, 5.41) is 21.6. The maximum atomic E-state index is 12.2. The van der Waals surface area contributed by atoms with Crippen molar-refractivity contribution in [3.63, 3.8) is 0 Å². The Morgan fingerprint density at radius 2 is 2.05 bits per heavy atom. The summed E-state index contributed by atoms with van der Waals surface area (Å²) in [6.45, 7) is 4.44. The molecule has 0 saturated carbocycles. The predicted octanol–water partition coefficient (Wildman–Crippen LogP) is -0.366. The highest BCUT2D eigenvalue weighted by Gasteiger charge is 2.25. The van der Waals surface area contributed by atoms with Gasteiger partial charge >= 0.3 is 5.97 Å². The van der Waals surface area contributed by atoms with Gasteiger partial charge in [0.05, 0.1) is 31.0 Å². The van der Waals surface area contributed by atoms with Crippen molar-refractivity contribution in [3.8, 4) is 0 Å². The van der Waals surface area contributed by atoms with Gasteiger partial charge in [-0.25, -0.2) is 13.1 Å². The molecule has 0 amide bonds. The Labute approximate surface area is 117 Å². The molecule has 20 heavy (non-hydrogen) atoms. The summed E-state index contributed by atoms with van der Waals surface area (Å²) < 4.78 is 28.1. The lowest BCUT2D eigenvalue weighted by atomic mass is 10.4. The largest absolute Gasteiger partial charge is 0.481 e. The first-order valence-electron chi connectivity index (χ1n) is 6.08. The SMILES string of the molecule is Cc1nn(CCC(=O)O)c(C)c1S(=O)(=O)N[C@@H](C)CO. The molecule has 0 unspecified atom stereocenters. The number of aliphatic hydroxyl groups excluding tert-OH is 1. The minimum absolute atomic E-state index is 0.0307. The zero-order valence-corrected chi connectivity index (χ0v) is 12.4. The van der Waals surface area contributed by atoms with Gasteiger partial charge in [0, 0.05) is 6.04 Å². The average Bonchev–Trinajstić information content (AvgIpc) is 2.61. The molecular formula is C11H19N3O5S. The molecule has 0 spiro atoms. The van der Waals surface area contributed by atoms with E-state index in [1.807, 2.05) is 0 Å². The van der Waals surface area contributed by atoms with Crippen LogP contribution in [0.5, 0.6) is 0 Å². The number of nitrogens with zero attached hydrogens (tertiary/aromatic N) is 2. The molecule has 0 fully saturated rings. The normalized spacial score (nSPS) is 13.4. The smallest absolute Gasteiger partial charge is 0.305 e. The number of sulfonamides is 1. The standard InChI is InChI=1S/C11H19N3O5S/c1-7(6-15)13-20(18,19)11-8(2)12-14(9(11)3)5-4-10(16)17/h7,13,15H,4-6H2,1-3H3,(H,16,17)/t7-/m0/s1. The number of hydrogen-bond donors (Lipinski definition) is 3. The third-order valence-electron chi connectivity index (χ3n) is 2.75. The molecule has 0 aliphatic heterocycles. The molecule has 1 aromatic rings. The number of rotatable bonds is 7. The lowest BCUT2D eigenvalue weighted by molar-refractivity contribution is -0.137. The second-order valence-corrected chi connectivity index (χ2v) is 6.22. The first-order valence-corrected chi connectivity index (χ1v) is 7.56. The number of aromatic nitrogens is 2. The van der Waals surface area contributed by atoms with E-state index in [0.717, 1.165) is 0 Å². The number of aryl methyl sites for hydroxylation is 2. The topological polar surface area (TPSA) is 122 Å². The van der Waals surface area contributed by atoms with E-state index in [-0.39, 0.29) is 24.5 Å². The van der Waals surface area contributed by atoms with Gasteiger partial charge in [-0.15, -0.1) is 0 Å². The van der Waals surface area contributed by atoms with E-state index in [1.54, 1.807) is 13.8 Å². The van der Waals surface area contributed by atoms with Gasteiger partial charge < -0.3 is 10.2 Å². The van der Waals surface area contributed by atoms with Gasteiger partial charge in [-0.3, -0.25) is 9.48 Å². The van der Waals surface area contributed by atoms with Crippen molar-refractivity contribution in [1.82, 2.24) is 14.5 Å². The van der Waals surface area contributed by atoms with Crippen molar-refractivity contribution in [3.05, 3.63) is 11.4 Å². The fourth-order valence-corrected chi connectivity index (χ4v) is 3.50. The maximum absolute atomic E-state index is 12.2. The molecule has 8 nitrogen and oxygen atoms in total. The molecular weight excluding hydrogens is 286 g/mol. The summed E-state index contributed by atoms with van der Waals surface area (Å²) >= 11 is 0. The average molecular weight is 305 g/mol. The fourth-order valence-electron chi connectivity index (χ4n) is 1.85. The molecule has 0 aromatic carbocycles. The fraction of sp³-hybridized carbons (Fsp3) is 0.636. The Balaban J connectivity index is 3.10. The number of carboxylic acids is 1. The van der Waals surface area contributed by atoms with E-state index >= 15 is 0 Å². The van der Waals surface area contributed by atoms with E-state index in [0.29, 0.717) is 11.4 Å². The van der Waals surface area contributed by atoms with E-state index in [2.05, 4.69) is 9.82 Å². The van der Waals surface area contributed by atoms with Gasteiger partial charge in [0.25, 0.3) is 0 Å². The van der Waals surface area contributed by atoms with Crippen molar-refractivity contribution >= 4 is 16.0 Å². The van der Waals surface area contributed by atoms with Crippen LogP contribution in [0.4, 0.5) is 0 Å². The summed E-state index contributed by atoms with van der Waals surface area (Å²) in [6.07, 6.45) is -0.137. The number of carbonyl (C=O) groups is 1. The number of nitrogens with one attached hydrogen (secondary N) is 1. The summed E-state index contributed by atoms with van der Waals surface area (Å²) in [7, 11) is -3.79. The molecule has 1 aromatic heterocycles. The van der Waals surface area contributed by atoms with Gasteiger partial charge in [0.2, 0.25) is 10.0 Å². The number of hydrogen-bond acceptors (Lipinski definition) is 5. The highest BCUT2D eigenvalue weighted by atomic mass is 32.2. The van der Waals surface area contributed by atoms with Gasteiger partial charge in [0.15, 0.2) is 0 Å². The first kappa shape index (κ1) is 16.6. The van der Waals surface area contributed by atoms with Crippen LogP contribution in [0.1, 0.15) is 24.7 Å². The van der Waals surface area contributed by atoms with Crippen molar-refractivity contribution in [2.45, 2.75) is 44.7 Å². The van der Waals surface area contributed by atoms with Crippen LogP contribution in [-0.2, 0) is 21.4 Å². The quantitative estimate of drug-likeness (QED) is 0.632. The summed E-state index contributed by atoms with van der Waals surface area (Å²) in [5.41, 5.74) is 0.673. The zero-order chi connectivity index (χ0) is 15.5. The van der Waals surface area contributed by atoms with Crippen LogP contribution in [-0.4, -0.2) is 47.0 Å². The van der Waals surface area contributed by atoms with Gasteiger partial charge in [0.1, 0.15) is 4.90 Å². The van der Waals surface area contributed by atoms with E-state index in [9.17, 15) is 13.2 Å².